The Morgan fingerprint density at radius 2 is 1.20 bits per heavy atom. The molecular formula is C20H12O5. The van der Waals surface area contributed by atoms with Gasteiger partial charge in [-0.05, 0) is 17.2 Å². The van der Waals surface area contributed by atoms with Crippen LogP contribution in [0.3, 0.4) is 0 Å². The van der Waals surface area contributed by atoms with Gasteiger partial charge in [-0.15, -0.1) is 0 Å². The van der Waals surface area contributed by atoms with Gasteiger partial charge in [-0.2, -0.15) is 0 Å². The first kappa shape index (κ1) is 15.4. The van der Waals surface area contributed by atoms with Crippen LogP contribution in [0.2, 0.25) is 0 Å². The number of allylic oxidation sites excluding steroid dienone is 1. The zero-order valence-corrected chi connectivity index (χ0v) is 12.9. The van der Waals surface area contributed by atoms with Crippen LogP contribution in [-0.4, -0.2) is 34.3 Å². The van der Waals surface area contributed by atoms with Gasteiger partial charge in [-0.25, -0.2) is 0 Å². The molecule has 25 heavy (non-hydrogen) atoms. The molecule has 2 aliphatic rings. The molecule has 2 atom stereocenters. The second kappa shape index (κ2) is 5.43. The number of carbonyl (C=O) groups is 4. The maximum absolute atomic E-state index is 12.9. The van der Waals surface area contributed by atoms with Crippen molar-refractivity contribution in [2.24, 2.45) is 5.92 Å². The molecular weight excluding hydrogens is 320 g/mol. The van der Waals surface area contributed by atoms with Crippen molar-refractivity contribution in [2.45, 2.75) is 6.10 Å². The Morgan fingerprint density at radius 1 is 0.680 bits per heavy atom. The van der Waals surface area contributed by atoms with E-state index in [0.29, 0.717) is 5.56 Å². The highest BCUT2D eigenvalue weighted by Crippen LogP contribution is 2.38. The summed E-state index contributed by atoms with van der Waals surface area (Å²) in [6.45, 7) is 0. The van der Waals surface area contributed by atoms with E-state index < -0.39 is 35.2 Å². The number of rotatable bonds is 1. The molecule has 5 heteroatoms. The molecule has 2 aromatic carbocycles. The molecule has 0 unspecified atom stereocenters. The van der Waals surface area contributed by atoms with Crippen LogP contribution in [0, 0.1) is 5.92 Å². The second-order valence-corrected chi connectivity index (χ2v) is 6.04. The van der Waals surface area contributed by atoms with Gasteiger partial charge >= 0.3 is 0 Å². The third-order valence-electron chi connectivity index (χ3n) is 4.65. The van der Waals surface area contributed by atoms with Gasteiger partial charge in [0.05, 0.1) is 5.92 Å². The lowest BCUT2D eigenvalue weighted by molar-refractivity contribution is -0.111. The molecule has 122 valence electrons. The smallest absolute Gasteiger partial charge is 0.233 e. The molecule has 0 radical (unpaired) electrons. The number of fused-ring (bicyclic) bond motifs is 2. The van der Waals surface area contributed by atoms with Crippen LogP contribution in [0.5, 0.6) is 0 Å². The van der Waals surface area contributed by atoms with E-state index in [2.05, 4.69) is 0 Å². The predicted octanol–water partition coefficient (Wildman–Crippen LogP) is 1.89. The Kier molecular flexibility index (Phi) is 3.33. The van der Waals surface area contributed by atoms with E-state index in [0.717, 1.165) is 6.08 Å². The molecule has 1 N–H and O–H groups in total. The standard InChI is InChI=1S/C20H12O5/c21-15-9-14(10-5-1-2-6-11(10)17(15)22)16-18(23)12-7-3-4-8-13(12)19(24)20(16)25/h1-9,16,20,25H/t16-,20-/m0/s1. The van der Waals surface area contributed by atoms with Crippen LogP contribution in [0.1, 0.15) is 36.6 Å². The number of hydrogen-bond donors (Lipinski definition) is 1. The van der Waals surface area contributed by atoms with Crippen LogP contribution >= 0.6 is 0 Å². The molecule has 2 aromatic rings. The monoisotopic (exact) mass is 332 g/mol. The van der Waals surface area contributed by atoms with Gasteiger partial charge in [-0.3, -0.25) is 19.2 Å². The van der Waals surface area contributed by atoms with Crippen LogP contribution in [-0.2, 0) is 4.79 Å². The first-order valence-corrected chi connectivity index (χ1v) is 7.76. The SMILES string of the molecule is O=C1C=C([C@H]2C(=O)c3ccccc3C(=O)[C@H]2O)c2ccccc2C1=O. The number of aliphatic hydroxyl groups excluding tert-OH is 1. The summed E-state index contributed by atoms with van der Waals surface area (Å²) in [7, 11) is 0. The molecule has 0 saturated carbocycles. The Bertz CT molecular complexity index is 999. The lowest BCUT2D eigenvalue weighted by Crippen LogP contribution is -2.42. The van der Waals surface area contributed by atoms with Gasteiger partial charge in [0.2, 0.25) is 11.6 Å². The van der Waals surface area contributed by atoms with E-state index in [4.69, 9.17) is 0 Å². The molecule has 0 fully saturated rings. The Balaban J connectivity index is 1.92. The first-order chi connectivity index (χ1) is 12.0. The number of Topliss-reactive ketones (excluding diaryl/α,β-unsaturated/α-hetero) is 3. The van der Waals surface area contributed by atoms with E-state index in [1.54, 1.807) is 30.3 Å². The summed E-state index contributed by atoms with van der Waals surface area (Å²) in [6.07, 6.45) is -0.528. The molecule has 0 amide bonds. The number of carbonyl (C=O) groups excluding carboxylic acids is 4. The van der Waals surface area contributed by atoms with Crippen LogP contribution in [0.25, 0.3) is 5.57 Å². The van der Waals surface area contributed by atoms with Gasteiger partial charge < -0.3 is 5.11 Å². The highest BCUT2D eigenvalue weighted by atomic mass is 16.3. The lowest BCUT2D eigenvalue weighted by Gasteiger charge is -2.30. The van der Waals surface area contributed by atoms with E-state index >= 15 is 0 Å². The summed E-state index contributed by atoms with van der Waals surface area (Å²) in [5.74, 6) is -3.64. The highest BCUT2D eigenvalue weighted by molar-refractivity contribution is 6.51. The van der Waals surface area contributed by atoms with Gasteiger partial charge in [0.1, 0.15) is 6.10 Å². The van der Waals surface area contributed by atoms with Crippen molar-refractivity contribution >= 4 is 28.7 Å². The molecule has 0 heterocycles. The van der Waals surface area contributed by atoms with Crippen molar-refractivity contribution in [3.63, 3.8) is 0 Å². The summed E-state index contributed by atoms with van der Waals surface area (Å²) < 4.78 is 0. The van der Waals surface area contributed by atoms with Gasteiger partial charge in [0.25, 0.3) is 0 Å². The molecule has 4 rings (SSSR count). The van der Waals surface area contributed by atoms with E-state index in [1.165, 1.54) is 18.2 Å². The van der Waals surface area contributed by atoms with Gasteiger partial charge in [0, 0.05) is 16.7 Å². The first-order valence-electron chi connectivity index (χ1n) is 7.76. The number of benzene rings is 2. The van der Waals surface area contributed by atoms with Gasteiger partial charge in [0.15, 0.2) is 11.6 Å². The third kappa shape index (κ3) is 2.13. The molecule has 2 aliphatic carbocycles. The predicted molar refractivity (Wildman–Crippen MR) is 88.4 cm³/mol. The maximum atomic E-state index is 12.9. The zero-order valence-electron chi connectivity index (χ0n) is 12.9. The molecule has 0 bridgehead atoms. The van der Waals surface area contributed by atoms with Crippen molar-refractivity contribution in [2.75, 3.05) is 0 Å². The van der Waals surface area contributed by atoms with Crippen molar-refractivity contribution in [3.05, 3.63) is 76.9 Å². The fourth-order valence-electron chi connectivity index (χ4n) is 3.45. The molecule has 0 spiro atoms. The lowest BCUT2D eigenvalue weighted by atomic mass is 9.72. The second-order valence-electron chi connectivity index (χ2n) is 6.04. The fourth-order valence-corrected chi connectivity index (χ4v) is 3.45. The van der Waals surface area contributed by atoms with E-state index in [-0.39, 0.29) is 22.3 Å². The molecule has 0 aliphatic heterocycles. The summed E-state index contributed by atoms with van der Waals surface area (Å²) in [5, 5.41) is 10.5. The van der Waals surface area contributed by atoms with Crippen molar-refractivity contribution in [1.82, 2.24) is 0 Å². The summed E-state index contributed by atoms with van der Waals surface area (Å²) >= 11 is 0. The van der Waals surface area contributed by atoms with E-state index in [9.17, 15) is 24.3 Å². The number of ketones is 4. The third-order valence-corrected chi connectivity index (χ3v) is 4.65. The minimum Gasteiger partial charge on any atom is -0.384 e. The van der Waals surface area contributed by atoms with Crippen LogP contribution < -0.4 is 0 Å². The summed E-state index contributed by atoms with van der Waals surface area (Å²) in [5.41, 5.74) is 1.17. The largest absolute Gasteiger partial charge is 0.384 e. The fraction of sp³-hybridized carbons (Fsp3) is 0.100. The van der Waals surface area contributed by atoms with Crippen LogP contribution in [0.15, 0.2) is 54.6 Å². The van der Waals surface area contributed by atoms with Crippen molar-refractivity contribution < 1.29 is 24.3 Å². The average Bonchev–Trinajstić information content (AvgIpc) is 2.64. The normalized spacial score (nSPS) is 22.4. The average molecular weight is 332 g/mol. The zero-order chi connectivity index (χ0) is 17.7. The quantitative estimate of drug-likeness (QED) is 0.806. The van der Waals surface area contributed by atoms with Gasteiger partial charge in [-0.1, -0.05) is 48.5 Å². The summed E-state index contributed by atoms with van der Waals surface area (Å²) in [4.78, 5) is 49.5. The Morgan fingerprint density at radius 3 is 1.84 bits per heavy atom. The van der Waals surface area contributed by atoms with Crippen molar-refractivity contribution in [1.29, 1.82) is 0 Å². The number of hydrogen-bond acceptors (Lipinski definition) is 5. The Labute approximate surface area is 142 Å². The molecule has 0 aromatic heterocycles. The van der Waals surface area contributed by atoms with Crippen LogP contribution in [0.4, 0.5) is 0 Å². The number of aliphatic hydroxyl groups is 1. The van der Waals surface area contributed by atoms with E-state index in [1.807, 2.05) is 0 Å². The Hall–Kier alpha value is -3.18. The molecule has 5 nitrogen and oxygen atoms in total. The minimum absolute atomic E-state index is 0.170. The maximum Gasteiger partial charge on any atom is 0.233 e. The summed E-state index contributed by atoms with van der Waals surface area (Å²) in [6, 6.07) is 12.7. The molecule has 0 saturated heterocycles. The minimum atomic E-state index is -1.59. The highest BCUT2D eigenvalue weighted by Gasteiger charge is 2.44. The topological polar surface area (TPSA) is 88.5 Å². The van der Waals surface area contributed by atoms with Crippen molar-refractivity contribution in [3.8, 4) is 0 Å².